The van der Waals surface area contributed by atoms with Gasteiger partial charge in [0.2, 0.25) is 0 Å². The van der Waals surface area contributed by atoms with Crippen molar-refractivity contribution in [1.29, 1.82) is 0 Å². The highest BCUT2D eigenvalue weighted by molar-refractivity contribution is 6.73. The van der Waals surface area contributed by atoms with Crippen molar-refractivity contribution in [3.8, 4) is 0 Å². The lowest BCUT2D eigenvalue weighted by Crippen LogP contribution is -2.55. The largest absolute Gasteiger partial charge is 0.370 e. The maximum atomic E-state index is 6.85. The van der Waals surface area contributed by atoms with Gasteiger partial charge < -0.3 is 8.91 Å². The number of hydrogen-bond donors (Lipinski definition) is 0. The van der Waals surface area contributed by atoms with Gasteiger partial charge in [-0.05, 0) is 31.0 Å². The molecule has 158 valence electrons. The summed E-state index contributed by atoms with van der Waals surface area (Å²) in [5.41, 5.74) is 0. The average Bonchev–Trinajstić information content (AvgIpc) is 2.64. The van der Waals surface area contributed by atoms with E-state index in [-0.39, 0.29) is 0 Å². The molecule has 0 radical (unpaired) electrons. The number of unbranched alkanes of at least 4 members (excludes halogenated alkanes) is 9. The quantitative estimate of drug-likeness (QED) is 0.101. The molecule has 0 saturated carbocycles. The number of hydrogen-bond acceptors (Lipinski definition) is 1. The zero-order chi connectivity index (χ0) is 19.9. The van der Waals surface area contributed by atoms with E-state index >= 15 is 0 Å². The van der Waals surface area contributed by atoms with Crippen molar-refractivity contribution in [1.82, 2.24) is 0 Å². The Morgan fingerprint density at radius 3 is 1.46 bits per heavy atom. The fourth-order valence-corrected chi connectivity index (χ4v) is 7.19. The summed E-state index contributed by atoms with van der Waals surface area (Å²) in [7, 11) is 3.28. The highest BCUT2D eigenvalue weighted by Crippen LogP contribution is 2.27. The van der Waals surface area contributed by atoms with E-state index in [0.717, 1.165) is 10.9 Å². The zero-order valence-electron chi connectivity index (χ0n) is 19.5. The molecular formula is C23H52NOSi+. The molecule has 0 aliphatic rings. The lowest BCUT2D eigenvalue weighted by Gasteiger charge is -2.42. The normalized spacial score (nSPS) is 14.0. The minimum absolute atomic E-state index is 0.389. The Hall–Kier alpha value is 0.137. The van der Waals surface area contributed by atoms with Gasteiger partial charge >= 0.3 is 0 Å². The first-order valence-electron chi connectivity index (χ1n) is 11.9. The third-order valence-electron chi connectivity index (χ3n) is 6.54. The van der Waals surface area contributed by atoms with E-state index < -0.39 is 8.32 Å². The summed E-state index contributed by atoms with van der Waals surface area (Å²) in [6.07, 6.45) is 15.7. The smallest absolute Gasteiger partial charge is 0.199 e. The van der Waals surface area contributed by atoms with E-state index in [2.05, 4.69) is 48.7 Å². The van der Waals surface area contributed by atoms with Crippen LogP contribution in [0.15, 0.2) is 0 Å². The fourth-order valence-electron chi connectivity index (χ4n) is 4.16. The van der Waals surface area contributed by atoms with Crippen molar-refractivity contribution in [2.24, 2.45) is 0 Å². The topological polar surface area (TPSA) is 9.23 Å². The SMILES string of the molecule is CCCCCCCCCCCC[N+](C)(C)C(CC)O[Si](CC)(CC)CC. The molecule has 1 unspecified atom stereocenters. The molecule has 0 heterocycles. The predicted octanol–water partition coefficient (Wildman–Crippen LogP) is 7.74. The van der Waals surface area contributed by atoms with Gasteiger partial charge in [-0.25, -0.2) is 0 Å². The molecule has 0 aliphatic carbocycles. The van der Waals surface area contributed by atoms with E-state index in [4.69, 9.17) is 4.43 Å². The van der Waals surface area contributed by atoms with Gasteiger partial charge in [-0.3, -0.25) is 0 Å². The first kappa shape index (κ1) is 26.1. The molecule has 2 nitrogen and oxygen atoms in total. The van der Waals surface area contributed by atoms with Crippen LogP contribution in [0.5, 0.6) is 0 Å². The molecule has 0 aromatic rings. The fraction of sp³-hybridized carbons (Fsp3) is 1.00. The summed E-state index contributed by atoms with van der Waals surface area (Å²) >= 11 is 0. The summed E-state index contributed by atoms with van der Waals surface area (Å²) in [6, 6.07) is 3.78. The van der Waals surface area contributed by atoms with E-state index in [1.165, 1.54) is 88.9 Å². The van der Waals surface area contributed by atoms with Gasteiger partial charge in [0.15, 0.2) is 14.5 Å². The van der Waals surface area contributed by atoms with Crippen molar-refractivity contribution < 1.29 is 8.91 Å². The van der Waals surface area contributed by atoms with Crippen LogP contribution in [-0.2, 0) is 4.43 Å². The van der Waals surface area contributed by atoms with Gasteiger partial charge in [-0.2, -0.15) is 0 Å². The standard InChI is InChI=1S/C23H52NOSi/c1-8-13-14-15-16-17-18-19-20-21-22-24(6,7)23(9-2)25-26(10-3,11-4)12-5/h23H,8-22H2,1-7H3/q+1. The second-order valence-electron chi connectivity index (χ2n) is 8.91. The van der Waals surface area contributed by atoms with Gasteiger partial charge in [0.1, 0.15) is 0 Å². The summed E-state index contributed by atoms with van der Waals surface area (Å²) in [5.74, 6) is 0. The summed E-state index contributed by atoms with van der Waals surface area (Å²) < 4.78 is 7.90. The lowest BCUT2D eigenvalue weighted by molar-refractivity contribution is -0.934. The molecule has 0 bridgehead atoms. The van der Waals surface area contributed by atoms with Crippen LogP contribution in [-0.4, -0.2) is 39.7 Å². The van der Waals surface area contributed by atoms with E-state index in [1.54, 1.807) is 0 Å². The molecule has 0 rings (SSSR count). The van der Waals surface area contributed by atoms with Crippen molar-refractivity contribution in [3.05, 3.63) is 0 Å². The Morgan fingerprint density at radius 2 is 1.08 bits per heavy atom. The van der Waals surface area contributed by atoms with Crippen LogP contribution in [0, 0.1) is 0 Å². The van der Waals surface area contributed by atoms with E-state index in [1.807, 2.05) is 0 Å². The Kier molecular flexibility index (Phi) is 15.2. The van der Waals surface area contributed by atoms with E-state index in [0.29, 0.717) is 6.23 Å². The Balaban J connectivity index is 4.09. The molecule has 3 heteroatoms. The van der Waals surface area contributed by atoms with E-state index in [9.17, 15) is 0 Å². The monoisotopic (exact) mass is 386 g/mol. The summed E-state index contributed by atoms with van der Waals surface area (Å²) in [6.45, 7) is 12.9. The zero-order valence-corrected chi connectivity index (χ0v) is 20.5. The molecule has 0 saturated heterocycles. The highest BCUT2D eigenvalue weighted by Gasteiger charge is 2.37. The molecule has 0 N–H and O–H groups in total. The van der Waals surface area contributed by atoms with Crippen LogP contribution in [0.3, 0.4) is 0 Å². The molecule has 0 amide bonds. The van der Waals surface area contributed by atoms with Crippen molar-refractivity contribution >= 4 is 8.32 Å². The predicted molar refractivity (Wildman–Crippen MR) is 121 cm³/mol. The van der Waals surface area contributed by atoms with Gasteiger partial charge in [0.05, 0.1) is 20.6 Å². The molecular weight excluding hydrogens is 334 g/mol. The van der Waals surface area contributed by atoms with Crippen LogP contribution in [0.4, 0.5) is 0 Å². The second-order valence-corrected chi connectivity index (χ2v) is 13.6. The van der Waals surface area contributed by atoms with Crippen LogP contribution >= 0.6 is 0 Å². The van der Waals surface area contributed by atoms with Crippen molar-refractivity contribution in [2.75, 3.05) is 20.6 Å². The van der Waals surface area contributed by atoms with Crippen LogP contribution in [0.25, 0.3) is 0 Å². The van der Waals surface area contributed by atoms with Crippen LogP contribution in [0.2, 0.25) is 18.1 Å². The summed E-state index contributed by atoms with van der Waals surface area (Å²) in [5, 5.41) is 0. The van der Waals surface area contributed by atoms with Crippen LogP contribution < -0.4 is 0 Å². The number of rotatable bonds is 18. The molecule has 0 aromatic heterocycles. The van der Waals surface area contributed by atoms with Gasteiger partial charge in [-0.15, -0.1) is 0 Å². The maximum absolute atomic E-state index is 6.85. The first-order chi connectivity index (χ1) is 12.4. The number of nitrogens with zero attached hydrogens (tertiary/aromatic N) is 1. The average molecular weight is 387 g/mol. The molecule has 26 heavy (non-hydrogen) atoms. The highest BCUT2D eigenvalue weighted by atomic mass is 28.4. The van der Waals surface area contributed by atoms with Gasteiger partial charge in [0, 0.05) is 6.42 Å². The van der Waals surface area contributed by atoms with Crippen LogP contribution in [0.1, 0.15) is 105 Å². The molecule has 0 fully saturated rings. The molecule has 0 aromatic carbocycles. The summed E-state index contributed by atoms with van der Waals surface area (Å²) in [4.78, 5) is 0. The minimum Gasteiger partial charge on any atom is -0.370 e. The maximum Gasteiger partial charge on any atom is 0.199 e. The Morgan fingerprint density at radius 1 is 0.654 bits per heavy atom. The third kappa shape index (κ3) is 10.5. The van der Waals surface area contributed by atoms with Crippen molar-refractivity contribution in [2.45, 2.75) is 130 Å². The second kappa shape index (κ2) is 15.1. The first-order valence-corrected chi connectivity index (χ1v) is 14.4. The Bertz CT molecular complexity index is 307. The molecule has 0 spiro atoms. The van der Waals surface area contributed by atoms with Crippen molar-refractivity contribution in [3.63, 3.8) is 0 Å². The lowest BCUT2D eigenvalue weighted by atomic mass is 10.1. The van der Waals surface area contributed by atoms with Gasteiger partial charge in [0.25, 0.3) is 0 Å². The number of quaternary nitrogens is 1. The third-order valence-corrected chi connectivity index (χ3v) is 11.2. The van der Waals surface area contributed by atoms with Gasteiger partial charge in [-0.1, -0.05) is 86.0 Å². The molecule has 0 aliphatic heterocycles. The molecule has 1 atom stereocenters. The minimum atomic E-state index is -1.51. The Labute approximate surface area is 167 Å².